The van der Waals surface area contributed by atoms with Crippen LogP contribution < -0.4 is 5.32 Å². The molecular formula is C20H28N2O3. The Hall–Kier alpha value is -1.88. The number of hydrogen-bond donors (Lipinski definition) is 1. The molecule has 1 heterocycles. The fourth-order valence-corrected chi connectivity index (χ4v) is 3.81. The largest absolute Gasteiger partial charge is 0.372 e. The van der Waals surface area contributed by atoms with Crippen molar-refractivity contribution in [3.8, 4) is 0 Å². The molecule has 0 spiro atoms. The second kappa shape index (κ2) is 8.48. The first-order valence-corrected chi connectivity index (χ1v) is 9.40. The van der Waals surface area contributed by atoms with Crippen LogP contribution in [0.5, 0.6) is 0 Å². The maximum absolute atomic E-state index is 12.6. The standard InChI is InChI=1S/C20H28N2O3/c1-2-25-14-19(23)22-11-9-16(10-12-22)20(24)21-18-8-7-15-5-3-4-6-17(15)13-18/h3-6,16,18H,2,7-14H2,1H3,(H,21,24)/t18-/m1/s1. The molecule has 0 unspecified atom stereocenters. The van der Waals surface area contributed by atoms with E-state index in [-0.39, 0.29) is 30.4 Å². The number of carbonyl (C=O) groups excluding carboxylic acids is 2. The third-order valence-electron chi connectivity index (χ3n) is 5.34. The van der Waals surface area contributed by atoms with Crippen LogP contribution in [0.15, 0.2) is 24.3 Å². The van der Waals surface area contributed by atoms with Crippen LogP contribution in [0.2, 0.25) is 0 Å². The van der Waals surface area contributed by atoms with Crippen molar-refractivity contribution in [3.63, 3.8) is 0 Å². The van der Waals surface area contributed by atoms with Gasteiger partial charge >= 0.3 is 0 Å². The fourth-order valence-electron chi connectivity index (χ4n) is 3.81. The first-order chi connectivity index (χ1) is 12.2. The van der Waals surface area contributed by atoms with E-state index in [4.69, 9.17) is 4.74 Å². The molecule has 5 heteroatoms. The van der Waals surface area contributed by atoms with Gasteiger partial charge in [-0.1, -0.05) is 24.3 Å². The summed E-state index contributed by atoms with van der Waals surface area (Å²) in [6.45, 7) is 3.88. The molecule has 1 aromatic rings. The van der Waals surface area contributed by atoms with Gasteiger partial charge < -0.3 is 15.0 Å². The lowest BCUT2D eigenvalue weighted by atomic mass is 9.87. The van der Waals surface area contributed by atoms with Gasteiger partial charge in [-0.25, -0.2) is 0 Å². The number of amides is 2. The molecule has 1 aromatic carbocycles. The van der Waals surface area contributed by atoms with Crippen molar-refractivity contribution in [3.05, 3.63) is 35.4 Å². The van der Waals surface area contributed by atoms with Crippen LogP contribution in [0, 0.1) is 5.92 Å². The predicted octanol–water partition coefficient (Wildman–Crippen LogP) is 1.94. The molecule has 2 amide bonds. The number of nitrogens with zero attached hydrogens (tertiary/aromatic N) is 1. The van der Waals surface area contributed by atoms with Crippen molar-refractivity contribution in [1.82, 2.24) is 10.2 Å². The topological polar surface area (TPSA) is 58.6 Å². The summed E-state index contributed by atoms with van der Waals surface area (Å²) in [5.74, 6) is 0.208. The lowest BCUT2D eigenvalue weighted by molar-refractivity contribution is -0.139. The predicted molar refractivity (Wildman–Crippen MR) is 96.2 cm³/mol. The second-order valence-electron chi connectivity index (χ2n) is 7.01. The van der Waals surface area contributed by atoms with Gasteiger partial charge in [-0.05, 0) is 50.2 Å². The molecule has 1 aliphatic carbocycles. The number of aryl methyl sites for hydroxylation is 1. The van der Waals surface area contributed by atoms with Gasteiger partial charge in [-0.2, -0.15) is 0 Å². The number of rotatable bonds is 5. The third kappa shape index (κ3) is 4.60. The van der Waals surface area contributed by atoms with Crippen molar-refractivity contribution >= 4 is 11.8 Å². The highest BCUT2D eigenvalue weighted by Gasteiger charge is 2.29. The zero-order valence-electron chi connectivity index (χ0n) is 15.0. The first kappa shape index (κ1) is 17.9. The molecule has 0 bridgehead atoms. The average molecular weight is 344 g/mol. The molecule has 1 aliphatic heterocycles. The van der Waals surface area contributed by atoms with Crippen LogP contribution in [0.4, 0.5) is 0 Å². The lowest BCUT2D eigenvalue weighted by Crippen LogP contribution is -2.47. The van der Waals surface area contributed by atoms with Gasteiger partial charge in [0, 0.05) is 31.7 Å². The molecule has 136 valence electrons. The summed E-state index contributed by atoms with van der Waals surface area (Å²) in [4.78, 5) is 26.4. The van der Waals surface area contributed by atoms with Crippen LogP contribution in [0.3, 0.4) is 0 Å². The van der Waals surface area contributed by atoms with E-state index in [2.05, 4.69) is 29.6 Å². The molecular weight excluding hydrogens is 316 g/mol. The maximum atomic E-state index is 12.6. The van der Waals surface area contributed by atoms with Crippen LogP contribution in [0.1, 0.15) is 37.3 Å². The van der Waals surface area contributed by atoms with Gasteiger partial charge in [0.25, 0.3) is 0 Å². The Kier molecular flexibility index (Phi) is 6.08. The number of ether oxygens (including phenoxy) is 1. The number of piperidine rings is 1. The highest BCUT2D eigenvalue weighted by molar-refractivity contribution is 5.80. The van der Waals surface area contributed by atoms with Crippen molar-refractivity contribution in [2.24, 2.45) is 5.92 Å². The summed E-state index contributed by atoms with van der Waals surface area (Å²) in [5.41, 5.74) is 2.77. The van der Waals surface area contributed by atoms with E-state index in [1.165, 1.54) is 11.1 Å². The summed E-state index contributed by atoms with van der Waals surface area (Å²) in [7, 11) is 0. The summed E-state index contributed by atoms with van der Waals surface area (Å²) in [6.07, 6.45) is 4.45. The minimum absolute atomic E-state index is 0.0216. The van der Waals surface area contributed by atoms with Crippen LogP contribution in [-0.4, -0.2) is 49.1 Å². The normalized spacial score (nSPS) is 20.8. The van der Waals surface area contributed by atoms with Crippen molar-refractivity contribution < 1.29 is 14.3 Å². The molecule has 25 heavy (non-hydrogen) atoms. The number of fused-ring (bicyclic) bond motifs is 1. The zero-order valence-corrected chi connectivity index (χ0v) is 15.0. The van der Waals surface area contributed by atoms with Crippen molar-refractivity contribution in [2.45, 2.75) is 45.1 Å². The summed E-state index contributed by atoms with van der Waals surface area (Å²) in [6, 6.07) is 8.73. The van der Waals surface area contributed by atoms with Crippen LogP contribution >= 0.6 is 0 Å². The van der Waals surface area contributed by atoms with Crippen molar-refractivity contribution in [2.75, 3.05) is 26.3 Å². The SMILES string of the molecule is CCOCC(=O)N1CCC(C(=O)N[C@@H]2CCc3ccccc3C2)CC1. The molecule has 3 rings (SSSR count). The highest BCUT2D eigenvalue weighted by atomic mass is 16.5. The van der Waals surface area contributed by atoms with Gasteiger partial charge in [0.1, 0.15) is 6.61 Å². The highest BCUT2D eigenvalue weighted by Crippen LogP contribution is 2.23. The Morgan fingerprint density at radius 2 is 1.88 bits per heavy atom. The molecule has 2 aliphatic rings. The van der Waals surface area contributed by atoms with Gasteiger partial charge in [0.15, 0.2) is 0 Å². The molecule has 0 saturated carbocycles. The Morgan fingerprint density at radius 1 is 1.16 bits per heavy atom. The number of carbonyl (C=O) groups is 2. The number of hydrogen-bond acceptors (Lipinski definition) is 3. The number of nitrogens with one attached hydrogen (secondary N) is 1. The average Bonchev–Trinajstić information content (AvgIpc) is 2.66. The van der Waals surface area contributed by atoms with E-state index < -0.39 is 0 Å². The maximum Gasteiger partial charge on any atom is 0.248 e. The van der Waals surface area contributed by atoms with Gasteiger partial charge in [-0.15, -0.1) is 0 Å². The second-order valence-corrected chi connectivity index (χ2v) is 7.01. The Bertz CT molecular complexity index is 609. The summed E-state index contributed by atoms with van der Waals surface area (Å²) < 4.78 is 5.18. The number of benzene rings is 1. The molecule has 0 aromatic heterocycles. The van der Waals surface area contributed by atoms with E-state index in [9.17, 15) is 9.59 Å². The summed E-state index contributed by atoms with van der Waals surface area (Å²) in [5, 5.41) is 3.24. The first-order valence-electron chi connectivity index (χ1n) is 9.40. The Balaban J connectivity index is 1.45. The zero-order chi connectivity index (χ0) is 17.6. The smallest absolute Gasteiger partial charge is 0.248 e. The van der Waals surface area contributed by atoms with Gasteiger partial charge in [0.05, 0.1) is 0 Å². The van der Waals surface area contributed by atoms with Gasteiger partial charge in [0.2, 0.25) is 11.8 Å². The van der Waals surface area contributed by atoms with Crippen molar-refractivity contribution in [1.29, 1.82) is 0 Å². The Labute approximate surface area is 149 Å². The Morgan fingerprint density at radius 3 is 2.60 bits per heavy atom. The molecule has 1 saturated heterocycles. The monoisotopic (exact) mass is 344 g/mol. The minimum Gasteiger partial charge on any atom is -0.372 e. The van der Waals surface area contributed by atoms with Gasteiger partial charge in [-0.3, -0.25) is 9.59 Å². The fraction of sp³-hybridized carbons (Fsp3) is 0.600. The molecule has 0 radical (unpaired) electrons. The quantitative estimate of drug-likeness (QED) is 0.888. The van der Waals surface area contributed by atoms with E-state index in [0.29, 0.717) is 19.7 Å². The van der Waals surface area contributed by atoms with E-state index in [0.717, 1.165) is 32.1 Å². The molecule has 1 atom stereocenters. The number of likely N-dealkylation sites (tertiary alicyclic amines) is 1. The molecule has 5 nitrogen and oxygen atoms in total. The van der Waals surface area contributed by atoms with E-state index in [1.807, 2.05) is 11.8 Å². The third-order valence-corrected chi connectivity index (χ3v) is 5.34. The summed E-state index contributed by atoms with van der Waals surface area (Å²) >= 11 is 0. The van der Waals surface area contributed by atoms with Crippen LogP contribution in [-0.2, 0) is 27.2 Å². The van der Waals surface area contributed by atoms with Crippen LogP contribution in [0.25, 0.3) is 0 Å². The molecule has 1 N–H and O–H groups in total. The van der Waals surface area contributed by atoms with E-state index >= 15 is 0 Å². The van der Waals surface area contributed by atoms with E-state index in [1.54, 1.807) is 0 Å². The minimum atomic E-state index is 0.0216. The molecule has 1 fully saturated rings. The lowest BCUT2D eigenvalue weighted by Gasteiger charge is -2.33.